The molecule has 1 aromatic carbocycles. The summed E-state index contributed by atoms with van der Waals surface area (Å²) in [5.74, 6) is -0.566. The molecular weight excluding hydrogens is 308 g/mol. The molecule has 1 aliphatic rings. The third-order valence-corrected chi connectivity index (χ3v) is 4.91. The van der Waals surface area contributed by atoms with Gasteiger partial charge in [-0.15, -0.1) is 0 Å². The highest BCUT2D eigenvalue weighted by molar-refractivity contribution is 9.10. The number of carboxylic acids is 1. The number of rotatable bonds is 2. The van der Waals surface area contributed by atoms with Crippen LogP contribution in [0.25, 0.3) is 0 Å². The van der Waals surface area contributed by atoms with Crippen LogP contribution in [0.15, 0.2) is 10.5 Å². The third kappa shape index (κ3) is 2.27. The van der Waals surface area contributed by atoms with E-state index in [1.807, 2.05) is 19.9 Å². The second-order valence-corrected chi connectivity index (χ2v) is 6.33. The molecule has 4 heteroatoms. The lowest BCUT2D eigenvalue weighted by Gasteiger charge is -2.36. The first-order valence-electron chi connectivity index (χ1n) is 6.62. The van der Waals surface area contributed by atoms with E-state index < -0.39 is 11.4 Å². The van der Waals surface area contributed by atoms with Gasteiger partial charge < -0.3 is 10.2 Å². The van der Waals surface area contributed by atoms with Crippen molar-refractivity contribution in [2.45, 2.75) is 51.4 Å². The molecule has 0 bridgehead atoms. The topological polar surface area (TPSA) is 57.5 Å². The number of aliphatic carboxylic acids is 1. The summed E-state index contributed by atoms with van der Waals surface area (Å²) >= 11 is 3.50. The highest BCUT2D eigenvalue weighted by atomic mass is 79.9. The summed E-state index contributed by atoms with van der Waals surface area (Å²) in [7, 11) is 0. The van der Waals surface area contributed by atoms with Gasteiger partial charge in [0.15, 0.2) is 0 Å². The summed E-state index contributed by atoms with van der Waals surface area (Å²) in [6.07, 6.45) is 4.22. The van der Waals surface area contributed by atoms with E-state index in [2.05, 4.69) is 15.9 Å². The molecule has 3 nitrogen and oxygen atoms in total. The van der Waals surface area contributed by atoms with Gasteiger partial charge >= 0.3 is 5.97 Å². The van der Waals surface area contributed by atoms with Crippen molar-refractivity contribution in [2.24, 2.45) is 0 Å². The van der Waals surface area contributed by atoms with Gasteiger partial charge in [-0.05, 0) is 49.4 Å². The maximum Gasteiger partial charge on any atom is 0.314 e. The minimum Gasteiger partial charge on any atom is -0.507 e. The third-order valence-electron chi connectivity index (χ3n) is 4.28. The van der Waals surface area contributed by atoms with E-state index in [1.54, 1.807) is 0 Å². The molecule has 19 heavy (non-hydrogen) atoms. The van der Waals surface area contributed by atoms with Gasteiger partial charge in [0.05, 0.1) is 5.41 Å². The molecule has 0 amide bonds. The predicted octanol–water partition coefficient (Wildman–Crippen LogP) is 4.06. The monoisotopic (exact) mass is 326 g/mol. The van der Waals surface area contributed by atoms with Gasteiger partial charge in [-0.25, -0.2) is 0 Å². The lowest BCUT2D eigenvalue weighted by atomic mass is 9.68. The van der Waals surface area contributed by atoms with Gasteiger partial charge in [0, 0.05) is 4.47 Å². The molecule has 1 aromatic rings. The largest absolute Gasteiger partial charge is 0.507 e. The van der Waals surface area contributed by atoms with Crippen LogP contribution in [0, 0.1) is 13.8 Å². The van der Waals surface area contributed by atoms with Gasteiger partial charge in [-0.2, -0.15) is 0 Å². The number of hydrogen-bond acceptors (Lipinski definition) is 2. The summed E-state index contributed by atoms with van der Waals surface area (Å²) < 4.78 is 0.796. The lowest BCUT2D eigenvalue weighted by molar-refractivity contribution is -0.145. The van der Waals surface area contributed by atoms with E-state index in [4.69, 9.17) is 0 Å². The molecule has 1 saturated carbocycles. The number of halogens is 1. The molecule has 0 spiro atoms. The fourth-order valence-electron chi connectivity index (χ4n) is 3.24. The van der Waals surface area contributed by atoms with E-state index >= 15 is 0 Å². The van der Waals surface area contributed by atoms with Crippen LogP contribution in [-0.2, 0) is 10.2 Å². The fourth-order valence-corrected chi connectivity index (χ4v) is 4.26. The first-order valence-corrected chi connectivity index (χ1v) is 7.42. The standard InChI is InChI=1S/C15H19BrO3/c1-9-8-11(16)12(10(2)13(9)17)15(14(18)19)6-4-3-5-7-15/h8,17H,3-7H2,1-2H3,(H,18,19). The van der Waals surface area contributed by atoms with Gasteiger partial charge in [-0.3, -0.25) is 4.79 Å². The molecule has 0 heterocycles. The quantitative estimate of drug-likeness (QED) is 0.861. The van der Waals surface area contributed by atoms with Crippen LogP contribution in [0.4, 0.5) is 0 Å². The number of benzene rings is 1. The molecule has 104 valence electrons. The van der Waals surface area contributed by atoms with E-state index in [9.17, 15) is 15.0 Å². The Morgan fingerprint density at radius 2 is 1.84 bits per heavy atom. The van der Waals surface area contributed by atoms with E-state index in [-0.39, 0.29) is 5.75 Å². The summed E-state index contributed by atoms with van der Waals surface area (Å²) in [4.78, 5) is 11.9. The van der Waals surface area contributed by atoms with E-state index in [1.165, 1.54) is 0 Å². The van der Waals surface area contributed by atoms with Crippen LogP contribution >= 0.6 is 15.9 Å². The van der Waals surface area contributed by atoms with Crippen molar-refractivity contribution in [3.05, 3.63) is 27.2 Å². The van der Waals surface area contributed by atoms with Crippen LogP contribution in [0.1, 0.15) is 48.8 Å². The number of hydrogen-bond donors (Lipinski definition) is 2. The first-order chi connectivity index (χ1) is 8.90. The van der Waals surface area contributed by atoms with Crippen LogP contribution in [-0.4, -0.2) is 16.2 Å². The molecule has 2 rings (SSSR count). The molecule has 0 aromatic heterocycles. The van der Waals surface area contributed by atoms with E-state index in [0.29, 0.717) is 18.4 Å². The normalized spacial score (nSPS) is 18.3. The maximum absolute atomic E-state index is 11.9. The Labute approximate surface area is 121 Å². The first kappa shape index (κ1) is 14.4. The SMILES string of the molecule is Cc1cc(Br)c(C2(C(=O)O)CCCCC2)c(C)c1O. The minimum absolute atomic E-state index is 0.212. The Kier molecular flexibility index (Phi) is 3.90. The van der Waals surface area contributed by atoms with Crippen molar-refractivity contribution in [1.82, 2.24) is 0 Å². The average Bonchev–Trinajstić information content (AvgIpc) is 2.37. The molecule has 1 fully saturated rings. The van der Waals surface area contributed by atoms with Crippen molar-refractivity contribution in [2.75, 3.05) is 0 Å². The minimum atomic E-state index is -0.855. The molecule has 0 unspecified atom stereocenters. The smallest absolute Gasteiger partial charge is 0.314 e. The second-order valence-electron chi connectivity index (χ2n) is 5.47. The summed E-state index contributed by atoms with van der Waals surface area (Å²) in [5, 5.41) is 19.9. The predicted molar refractivity (Wildman–Crippen MR) is 77.7 cm³/mol. The van der Waals surface area contributed by atoms with Crippen molar-refractivity contribution in [1.29, 1.82) is 0 Å². The van der Waals surface area contributed by atoms with Crippen molar-refractivity contribution < 1.29 is 15.0 Å². The number of aryl methyl sites for hydroxylation is 1. The fraction of sp³-hybridized carbons (Fsp3) is 0.533. The Morgan fingerprint density at radius 3 is 2.37 bits per heavy atom. The van der Waals surface area contributed by atoms with Gasteiger partial charge in [0.25, 0.3) is 0 Å². The maximum atomic E-state index is 11.9. The second kappa shape index (κ2) is 5.16. The number of carbonyl (C=O) groups is 1. The number of phenols is 1. The highest BCUT2D eigenvalue weighted by Crippen LogP contribution is 2.46. The van der Waals surface area contributed by atoms with Crippen LogP contribution < -0.4 is 0 Å². The van der Waals surface area contributed by atoms with Crippen molar-refractivity contribution >= 4 is 21.9 Å². The zero-order valence-electron chi connectivity index (χ0n) is 11.3. The molecule has 0 atom stereocenters. The molecule has 0 radical (unpaired) electrons. The molecule has 2 N–H and O–H groups in total. The molecule has 0 saturated heterocycles. The van der Waals surface area contributed by atoms with Crippen molar-refractivity contribution in [3.63, 3.8) is 0 Å². The lowest BCUT2D eigenvalue weighted by Crippen LogP contribution is -2.39. The Morgan fingerprint density at radius 1 is 1.26 bits per heavy atom. The van der Waals surface area contributed by atoms with Crippen LogP contribution in [0.2, 0.25) is 0 Å². The summed E-state index contributed by atoms with van der Waals surface area (Å²) in [6.45, 7) is 3.63. The molecular formula is C15H19BrO3. The highest BCUT2D eigenvalue weighted by Gasteiger charge is 2.44. The Bertz CT molecular complexity index is 517. The number of aromatic hydroxyl groups is 1. The summed E-state index contributed by atoms with van der Waals surface area (Å²) in [5.41, 5.74) is 1.36. The van der Waals surface area contributed by atoms with Crippen LogP contribution in [0.5, 0.6) is 5.75 Å². The van der Waals surface area contributed by atoms with Crippen LogP contribution in [0.3, 0.4) is 0 Å². The zero-order chi connectivity index (χ0) is 14.2. The van der Waals surface area contributed by atoms with Gasteiger partial charge in [0.2, 0.25) is 0 Å². The Hall–Kier alpha value is -1.03. The number of carboxylic acid groups (broad SMARTS) is 1. The Balaban J connectivity index is 2.67. The average molecular weight is 327 g/mol. The van der Waals surface area contributed by atoms with E-state index in [0.717, 1.165) is 34.9 Å². The summed E-state index contributed by atoms with van der Waals surface area (Å²) in [6, 6.07) is 1.82. The van der Waals surface area contributed by atoms with Gasteiger partial charge in [0.1, 0.15) is 5.75 Å². The molecule has 1 aliphatic carbocycles. The zero-order valence-corrected chi connectivity index (χ0v) is 12.9. The van der Waals surface area contributed by atoms with Gasteiger partial charge in [-0.1, -0.05) is 35.2 Å². The molecule has 0 aliphatic heterocycles. The number of phenolic OH excluding ortho intramolecular Hbond substituents is 1. The van der Waals surface area contributed by atoms with Crippen molar-refractivity contribution in [3.8, 4) is 5.75 Å².